The fourth-order valence-corrected chi connectivity index (χ4v) is 1.41. The number of amides is 1. The number of hydrogen-bond donors (Lipinski definition) is 1. The molecule has 3 heteroatoms. The third-order valence-corrected chi connectivity index (χ3v) is 2.60. The molecule has 3 nitrogen and oxygen atoms in total. The number of nitrogens with one attached hydrogen (secondary N) is 1. The van der Waals surface area contributed by atoms with Crippen LogP contribution in [0.1, 0.15) is 20.3 Å². The van der Waals surface area contributed by atoms with E-state index in [1.54, 1.807) is 0 Å². The van der Waals surface area contributed by atoms with Gasteiger partial charge in [0.2, 0.25) is 5.91 Å². The van der Waals surface area contributed by atoms with Crippen molar-refractivity contribution in [1.82, 2.24) is 5.32 Å². The van der Waals surface area contributed by atoms with Crippen molar-refractivity contribution in [2.24, 2.45) is 0 Å². The number of rotatable bonds is 5. The molecule has 0 fully saturated rings. The van der Waals surface area contributed by atoms with Crippen LogP contribution < -0.4 is 10.2 Å². The average molecular weight is 220 g/mol. The molecule has 0 radical (unpaired) electrons. The molecular formula is C13H20N2O. The first-order chi connectivity index (χ1) is 7.63. The van der Waals surface area contributed by atoms with Crippen molar-refractivity contribution in [2.45, 2.75) is 26.3 Å². The Morgan fingerprint density at radius 3 is 2.56 bits per heavy atom. The zero-order valence-electron chi connectivity index (χ0n) is 10.2. The number of benzene rings is 1. The Morgan fingerprint density at radius 2 is 2.00 bits per heavy atom. The zero-order chi connectivity index (χ0) is 12.0. The van der Waals surface area contributed by atoms with Crippen LogP contribution >= 0.6 is 0 Å². The van der Waals surface area contributed by atoms with E-state index in [4.69, 9.17) is 0 Å². The number of para-hydroxylation sites is 1. The van der Waals surface area contributed by atoms with Crippen LogP contribution in [-0.4, -0.2) is 25.5 Å². The molecule has 88 valence electrons. The van der Waals surface area contributed by atoms with Crippen molar-refractivity contribution < 1.29 is 4.79 Å². The number of hydrogen-bond acceptors (Lipinski definition) is 2. The minimum Gasteiger partial charge on any atom is -0.365 e. The van der Waals surface area contributed by atoms with E-state index in [-0.39, 0.29) is 11.9 Å². The second-order valence-electron chi connectivity index (χ2n) is 4.07. The molecule has 0 aliphatic carbocycles. The molecule has 0 bridgehead atoms. The Labute approximate surface area is 97.5 Å². The lowest BCUT2D eigenvalue weighted by molar-refractivity contribution is -0.120. The Bertz CT molecular complexity index is 324. The molecule has 1 unspecified atom stereocenters. The molecule has 0 aromatic heterocycles. The van der Waals surface area contributed by atoms with Gasteiger partial charge in [-0.3, -0.25) is 4.79 Å². The lowest BCUT2D eigenvalue weighted by Crippen LogP contribution is -2.39. The maximum atomic E-state index is 11.6. The molecule has 1 N–H and O–H groups in total. The monoisotopic (exact) mass is 220 g/mol. The van der Waals surface area contributed by atoms with Crippen LogP contribution in [0.3, 0.4) is 0 Å². The standard InChI is InChI=1S/C13H20N2O/c1-4-11(2)14-13(16)10-15(3)12-8-6-5-7-9-12/h5-9,11H,4,10H2,1-3H3,(H,14,16). The van der Waals surface area contributed by atoms with E-state index in [9.17, 15) is 4.79 Å². The largest absolute Gasteiger partial charge is 0.365 e. The highest BCUT2D eigenvalue weighted by Crippen LogP contribution is 2.09. The van der Waals surface area contributed by atoms with Gasteiger partial charge in [-0.1, -0.05) is 25.1 Å². The van der Waals surface area contributed by atoms with E-state index < -0.39 is 0 Å². The lowest BCUT2D eigenvalue weighted by atomic mass is 10.2. The van der Waals surface area contributed by atoms with Gasteiger partial charge < -0.3 is 10.2 Å². The maximum absolute atomic E-state index is 11.6. The second-order valence-corrected chi connectivity index (χ2v) is 4.07. The summed E-state index contributed by atoms with van der Waals surface area (Å²) >= 11 is 0. The van der Waals surface area contributed by atoms with E-state index in [0.29, 0.717) is 6.54 Å². The third-order valence-electron chi connectivity index (χ3n) is 2.60. The highest BCUT2D eigenvalue weighted by molar-refractivity contribution is 5.81. The molecule has 0 saturated heterocycles. The molecule has 0 spiro atoms. The van der Waals surface area contributed by atoms with Crippen LogP contribution in [0.15, 0.2) is 30.3 Å². The minimum absolute atomic E-state index is 0.0701. The van der Waals surface area contributed by atoms with Crippen molar-refractivity contribution in [3.63, 3.8) is 0 Å². The summed E-state index contributed by atoms with van der Waals surface area (Å²) in [4.78, 5) is 13.6. The first-order valence-corrected chi connectivity index (χ1v) is 5.69. The van der Waals surface area contributed by atoms with E-state index in [1.165, 1.54) is 0 Å². The van der Waals surface area contributed by atoms with Gasteiger partial charge in [0.15, 0.2) is 0 Å². The number of carbonyl (C=O) groups excluding carboxylic acids is 1. The summed E-state index contributed by atoms with van der Waals surface area (Å²) in [5.74, 6) is 0.0701. The first-order valence-electron chi connectivity index (χ1n) is 5.69. The second kappa shape index (κ2) is 6.16. The topological polar surface area (TPSA) is 32.3 Å². The summed E-state index contributed by atoms with van der Waals surface area (Å²) in [5, 5.41) is 2.95. The number of carbonyl (C=O) groups is 1. The van der Waals surface area contributed by atoms with Gasteiger partial charge in [0.25, 0.3) is 0 Å². The van der Waals surface area contributed by atoms with Crippen molar-refractivity contribution in [1.29, 1.82) is 0 Å². The van der Waals surface area contributed by atoms with E-state index in [1.807, 2.05) is 49.2 Å². The Balaban J connectivity index is 2.46. The minimum atomic E-state index is 0.0701. The van der Waals surface area contributed by atoms with Gasteiger partial charge in [-0.2, -0.15) is 0 Å². The van der Waals surface area contributed by atoms with Crippen LogP contribution in [0.5, 0.6) is 0 Å². The Morgan fingerprint density at radius 1 is 1.38 bits per heavy atom. The number of anilines is 1. The molecule has 0 aliphatic rings. The summed E-state index contributed by atoms with van der Waals surface area (Å²) in [6, 6.07) is 10.2. The number of nitrogens with zero attached hydrogens (tertiary/aromatic N) is 1. The molecule has 0 heterocycles. The highest BCUT2D eigenvalue weighted by atomic mass is 16.2. The molecule has 16 heavy (non-hydrogen) atoms. The van der Waals surface area contributed by atoms with Gasteiger partial charge in [-0.25, -0.2) is 0 Å². The molecule has 1 rings (SSSR count). The smallest absolute Gasteiger partial charge is 0.239 e. The van der Waals surface area contributed by atoms with Gasteiger partial charge in [-0.05, 0) is 25.5 Å². The molecule has 0 aliphatic heterocycles. The Hall–Kier alpha value is -1.51. The Kier molecular flexibility index (Phi) is 4.83. The first kappa shape index (κ1) is 12.6. The molecule has 1 atom stereocenters. The van der Waals surface area contributed by atoms with Crippen LogP contribution in [0.2, 0.25) is 0 Å². The quantitative estimate of drug-likeness (QED) is 0.823. The van der Waals surface area contributed by atoms with Crippen LogP contribution in [0.4, 0.5) is 5.69 Å². The van der Waals surface area contributed by atoms with E-state index in [2.05, 4.69) is 12.2 Å². The summed E-state index contributed by atoms with van der Waals surface area (Å²) in [6.45, 7) is 4.47. The predicted molar refractivity (Wildman–Crippen MR) is 67.6 cm³/mol. The summed E-state index contributed by atoms with van der Waals surface area (Å²) in [7, 11) is 1.92. The molecule has 1 aromatic rings. The van der Waals surface area contributed by atoms with Gasteiger partial charge >= 0.3 is 0 Å². The molecule has 0 saturated carbocycles. The van der Waals surface area contributed by atoms with Gasteiger partial charge in [0.05, 0.1) is 6.54 Å². The fourth-order valence-electron chi connectivity index (χ4n) is 1.41. The van der Waals surface area contributed by atoms with E-state index >= 15 is 0 Å². The van der Waals surface area contributed by atoms with Crippen LogP contribution in [0.25, 0.3) is 0 Å². The highest BCUT2D eigenvalue weighted by Gasteiger charge is 2.08. The maximum Gasteiger partial charge on any atom is 0.239 e. The fraction of sp³-hybridized carbons (Fsp3) is 0.462. The third kappa shape index (κ3) is 3.93. The van der Waals surface area contributed by atoms with Crippen molar-refractivity contribution in [2.75, 3.05) is 18.5 Å². The lowest BCUT2D eigenvalue weighted by Gasteiger charge is -2.20. The SMILES string of the molecule is CCC(C)NC(=O)CN(C)c1ccccc1. The van der Waals surface area contributed by atoms with Crippen molar-refractivity contribution in [3.8, 4) is 0 Å². The number of likely N-dealkylation sites (N-methyl/N-ethyl adjacent to an activating group) is 1. The summed E-state index contributed by atoms with van der Waals surface area (Å²) in [6.07, 6.45) is 0.959. The molecule has 1 amide bonds. The van der Waals surface area contributed by atoms with Crippen LogP contribution in [-0.2, 0) is 4.79 Å². The van der Waals surface area contributed by atoms with Crippen LogP contribution in [0, 0.1) is 0 Å². The zero-order valence-corrected chi connectivity index (χ0v) is 10.2. The molecule has 1 aromatic carbocycles. The van der Waals surface area contributed by atoms with Gasteiger partial charge in [0.1, 0.15) is 0 Å². The van der Waals surface area contributed by atoms with E-state index in [0.717, 1.165) is 12.1 Å². The van der Waals surface area contributed by atoms with Crippen molar-refractivity contribution >= 4 is 11.6 Å². The predicted octanol–water partition coefficient (Wildman–Crippen LogP) is 2.04. The average Bonchev–Trinajstić information content (AvgIpc) is 2.29. The summed E-state index contributed by atoms with van der Waals surface area (Å²) < 4.78 is 0. The van der Waals surface area contributed by atoms with Crippen molar-refractivity contribution in [3.05, 3.63) is 30.3 Å². The normalized spacial score (nSPS) is 11.9. The molecular weight excluding hydrogens is 200 g/mol. The summed E-state index contributed by atoms with van der Waals surface area (Å²) in [5.41, 5.74) is 1.06. The van der Waals surface area contributed by atoms with Gasteiger partial charge in [-0.15, -0.1) is 0 Å². The van der Waals surface area contributed by atoms with Gasteiger partial charge in [0, 0.05) is 18.8 Å².